The van der Waals surface area contributed by atoms with Gasteiger partial charge in [-0.15, -0.1) is 0 Å². The van der Waals surface area contributed by atoms with Crippen LogP contribution in [0.4, 0.5) is 5.69 Å². The molecule has 0 unspecified atom stereocenters. The molecule has 1 heterocycles. The first-order valence-corrected chi connectivity index (χ1v) is 12.8. The quantitative estimate of drug-likeness (QED) is 0.413. The minimum absolute atomic E-state index is 0.489. The third kappa shape index (κ3) is 5.22. The predicted molar refractivity (Wildman–Crippen MR) is 142 cm³/mol. The smallest absolute Gasteiger partial charge is 0.301 e. The summed E-state index contributed by atoms with van der Waals surface area (Å²) in [6.07, 6.45) is 0.525. The van der Waals surface area contributed by atoms with Crippen molar-refractivity contribution in [3.63, 3.8) is 0 Å². The first kappa shape index (κ1) is 24.9. The van der Waals surface area contributed by atoms with Gasteiger partial charge in [0.25, 0.3) is 0 Å². The largest absolute Gasteiger partial charge is 0.497 e. The summed E-state index contributed by atoms with van der Waals surface area (Å²) in [5.41, 5.74) is 6.01. The molecule has 0 atom stereocenters. The number of rotatable bonds is 7. The third-order valence-electron chi connectivity index (χ3n) is 5.91. The Kier molecular flexibility index (Phi) is 6.94. The standard InChI is InChI=1S/C27H27ClN2O4S/c1-17-23(13-19-8-6-10-21(12-19)29-35(31,32)30(3)4)18(2)34-27-16-25(26(28)15-24(17)27)20-9-7-11-22(14-20)33-5/h6-12,14-16,29H,2,13H2,1,3-5H3. The Morgan fingerprint density at radius 1 is 1.06 bits per heavy atom. The van der Waals surface area contributed by atoms with E-state index in [0.29, 0.717) is 28.6 Å². The molecule has 1 aliphatic heterocycles. The molecule has 0 spiro atoms. The fourth-order valence-corrected chi connectivity index (χ4v) is 4.81. The van der Waals surface area contributed by atoms with Crippen LogP contribution in [0.1, 0.15) is 18.1 Å². The summed E-state index contributed by atoms with van der Waals surface area (Å²) in [5.74, 6) is 1.98. The number of anilines is 1. The van der Waals surface area contributed by atoms with Gasteiger partial charge in [-0.05, 0) is 60.0 Å². The molecule has 8 heteroatoms. The number of hydrogen-bond donors (Lipinski definition) is 1. The van der Waals surface area contributed by atoms with Gasteiger partial charge in [0.05, 0.1) is 12.8 Å². The number of allylic oxidation sites excluding steroid dienone is 2. The third-order valence-corrected chi connectivity index (χ3v) is 7.68. The van der Waals surface area contributed by atoms with Crippen molar-refractivity contribution >= 4 is 33.1 Å². The van der Waals surface area contributed by atoms with Crippen molar-refractivity contribution in [2.24, 2.45) is 0 Å². The fourth-order valence-electron chi connectivity index (χ4n) is 3.93. The van der Waals surface area contributed by atoms with Crippen molar-refractivity contribution < 1.29 is 17.9 Å². The lowest BCUT2D eigenvalue weighted by Crippen LogP contribution is -2.28. The Balaban J connectivity index is 1.67. The van der Waals surface area contributed by atoms with Gasteiger partial charge in [-0.3, -0.25) is 4.72 Å². The molecule has 1 aliphatic rings. The van der Waals surface area contributed by atoms with Gasteiger partial charge in [0.15, 0.2) is 0 Å². The number of ether oxygens (including phenoxy) is 2. The summed E-state index contributed by atoms with van der Waals surface area (Å²) in [4.78, 5) is 0. The zero-order chi connectivity index (χ0) is 25.3. The van der Waals surface area contributed by atoms with E-state index in [1.807, 2.05) is 61.5 Å². The lowest BCUT2D eigenvalue weighted by Gasteiger charge is -2.25. The van der Waals surface area contributed by atoms with E-state index in [1.165, 1.54) is 14.1 Å². The monoisotopic (exact) mass is 510 g/mol. The molecule has 182 valence electrons. The summed E-state index contributed by atoms with van der Waals surface area (Å²) >= 11 is 6.70. The zero-order valence-electron chi connectivity index (χ0n) is 20.1. The molecule has 0 amide bonds. The normalized spacial score (nSPS) is 13.5. The number of nitrogens with one attached hydrogen (secondary N) is 1. The minimum atomic E-state index is -3.59. The Morgan fingerprint density at radius 2 is 1.80 bits per heavy atom. The van der Waals surface area contributed by atoms with Gasteiger partial charge in [0.2, 0.25) is 0 Å². The van der Waals surface area contributed by atoms with Crippen molar-refractivity contribution in [3.8, 4) is 22.6 Å². The lowest BCUT2D eigenvalue weighted by molar-refractivity contribution is 0.415. The van der Waals surface area contributed by atoms with E-state index in [1.54, 1.807) is 13.2 Å². The van der Waals surface area contributed by atoms with Crippen molar-refractivity contribution in [2.75, 3.05) is 25.9 Å². The average Bonchev–Trinajstić information content (AvgIpc) is 2.82. The van der Waals surface area contributed by atoms with Crippen LogP contribution in [0.3, 0.4) is 0 Å². The van der Waals surface area contributed by atoms with Crippen LogP contribution < -0.4 is 14.2 Å². The van der Waals surface area contributed by atoms with Crippen LogP contribution >= 0.6 is 11.6 Å². The Labute approximate surface area is 211 Å². The van der Waals surface area contributed by atoms with Gasteiger partial charge in [0.1, 0.15) is 17.3 Å². The maximum absolute atomic E-state index is 12.2. The van der Waals surface area contributed by atoms with E-state index in [-0.39, 0.29) is 0 Å². The van der Waals surface area contributed by atoms with Crippen LogP contribution in [0.25, 0.3) is 16.7 Å². The summed E-state index contributed by atoms with van der Waals surface area (Å²) in [7, 11) is 0.992. The second-order valence-corrected chi connectivity index (χ2v) is 10.7. The van der Waals surface area contributed by atoms with E-state index >= 15 is 0 Å². The lowest BCUT2D eigenvalue weighted by atomic mass is 9.91. The maximum atomic E-state index is 12.2. The molecule has 3 aromatic rings. The van der Waals surface area contributed by atoms with Gasteiger partial charge in [-0.2, -0.15) is 12.7 Å². The zero-order valence-corrected chi connectivity index (χ0v) is 21.6. The number of fused-ring (bicyclic) bond motifs is 1. The van der Waals surface area contributed by atoms with Gasteiger partial charge < -0.3 is 9.47 Å². The summed E-state index contributed by atoms with van der Waals surface area (Å²) in [5, 5.41) is 0.604. The molecular weight excluding hydrogens is 484 g/mol. The minimum Gasteiger partial charge on any atom is -0.497 e. The van der Waals surface area contributed by atoms with Gasteiger partial charge in [-0.1, -0.05) is 42.4 Å². The van der Waals surface area contributed by atoms with Crippen LogP contribution in [0.2, 0.25) is 5.02 Å². The molecule has 0 aromatic heterocycles. The van der Waals surface area contributed by atoms with Gasteiger partial charge >= 0.3 is 10.2 Å². The van der Waals surface area contributed by atoms with E-state index in [9.17, 15) is 8.42 Å². The van der Waals surface area contributed by atoms with E-state index in [0.717, 1.165) is 43.5 Å². The number of hydrogen-bond acceptors (Lipinski definition) is 4. The Morgan fingerprint density at radius 3 is 2.51 bits per heavy atom. The second kappa shape index (κ2) is 9.77. The molecule has 0 bridgehead atoms. The molecule has 0 radical (unpaired) electrons. The van der Waals surface area contributed by atoms with Crippen LogP contribution in [0.15, 0.2) is 78.6 Å². The van der Waals surface area contributed by atoms with Crippen molar-refractivity contribution in [1.29, 1.82) is 0 Å². The van der Waals surface area contributed by atoms with Crippen LogP contribution in [-0.4, -0.2) is 33.9 Å². The number of benzene rings is 3. The first-order valence-electron chi connectivity index (χ1n) is 10.9. The molecule has 6 nitrogen and oxygen atoms in total. The molecule has 4 rings (SSSR count). The van der Waals surface area contributed by atoms with Gasteiger partial charge in [0, 0.05) is 42.2 Å². The summed E-state index contributed by atoms with van der Waals surface area (Å²) in [6.45, 7) is 6.16. The topological polar surface area (TPSA) is 67.9 Å². The van der Waals surface area contributed by atoms with Crippen LogP contribution in [0, 0.1) is 0 Å². The molecule has 0 aliphatic carbocycles. The van der Waals surface area contributed by atoms with Crippen LogP contribution in [-0.2, 0) is 16.6 Å². The number of nitrogens with zero attached hydrogens (tertiary/aromatic N) is 1. The first-order chi connectivity index (χ1) is 16.6. The fraction of sp³-hybridized carbons (Fsp3) is 0.185. The molecular formula is C27H27ClN2O4S. The highest BCUT2D eigenvalue weighted by molar-refractivity contribution is 7.90. The molecule has 0 saturated heterocycles. The Hall–Kier alpha value is -3.26. The second-order valence-electron chi connectivity index (χ2n) is 8.46. The van der Waals surface area contributed by atoms with Crippen LogP contribution in [0.5, 0.6) is 11.5 Å². The highest BCUT2D eigenvalue weighted by Crippen LogP contribution is 2.43. The molecule has 35 heavy (non-hydrogen) atoms. The summed E-state index contributed by atoms with van der Waals surface area (Å²) < 4.78 is 39.6. The highest BCUT2D eigenvalue weighted by atomic mass is 35.5. The molecule has 0 saturated carbocycles. The van der Waals surface area contributed by atoms with Crippen molar-refractivity contribution in [1.82, 2.24) is 4.31 Å². The summed E-state index contributed by atoms with van der Waals surface area (Å²) in [6, 6.07) is 18.8. The number of halogens is 1. The SMILES string of the molecule is C=C1Oc2cc(-c3cccc(OC)c3)c(Cl)cc2C(C)=C1Cc1cccc(NS(=O)(=O)N(C)C)c1. The number of methoxy groups -OCH3 is 1. The highest BCUT2D eigenvalue weighted by Gasteiger charge is 2.23. The average molecular weight is 511 g/mol. The Bertz CT molecular complexity index is 1450. The van der Waals surface area contributed by atoms with Crippen molar-refractivity contribution in [2.45, 2.75) is 13.3 Å². The van der Waals surface area contributed by atoms with E-state index in [2.05, 4.69) is 11.3 Å². The predicted octanol–water partition coefficient (Wildman–Crippen LogP) is 6.16. The molecule has 0 fully saturated rings. The molecule has 1 N–H and O–H groups in total. The maximum Gasteiger partial charge on any atom is 0.301 e. The van der Waals surface area contributed by atoms with Gasteiger partial charge in [-0.25, -0.2) is 0 Å². The molecule has 3 aromatic carbocycles. The van der Waals surface area contributed by atoms with Crippen molar-refractivity contribution in [3.05, 3.63) is 94.7 Å². The van der Waals surface area contributed by atoms with E-state index < -0.39 is 10.2 Å². The van der Waals surface area contributed by atoms with E-state index in [4.69, 9.17) is 21.1 Å².